The largest absolute Gasteiger partial charge is 0.506 e. The van der Waals surface area contributed by atoms with Crippen LogP contribution in [0.25, 0.3) is 10.9 Å². The average Bonchev–Trinajstić information content (AvgIpc) is 2.91. The van der Waals surface area contributed by atoms with Crippen molar-refractivity contribution in [1.82, 2.24) is 4.98 Å². The Morgan fingerprint density at radius 1 is 1.00 bits per heavy atom. The summed E-state index contributed by atoms with van der Waals surface area (Å²) in [5.74, 6) is 0.315. The van der Waals surface area contributed by atoms with Gasteiger partial charge >= 0.3 is 0 Å². The summed E-state index contributed by atoms with van der Waals surface area (Å²) in [6.07, 6.45) is -5.45. The highest BCUT2D eigenvalue weighted by atomic mass is 16.6. The number of H-pyrrole nitrogens is 1. The van der Waals surface area contributed by atoms with Crippen LogP contribution < -0.4 is 0 Å². The average molecular weight is 313 g/mol. The van der Waals surface area contributed by atoms with Crippen molar-refractivity contribution in [3.05, 3.63) is 30.5 Å². The second-order valence-corrected chi connectivity index (χ2v) is 4.94. The predicted molar refractivity (Wildman–Crippen MR) is 75.9 cm³/mol. The van der Waals surface area contributed by atoms with Gasteiger partial charge in [0.05, 0.1) is 6.61 Å². The fourth-order valence-corrected chi connectivity index (χ4v) is 2.14. The third-order valence-electron chi connectivity index (χ3n) is 3.43. The van der Waals surface area contributed by atoms with Gasteiger partial charge in [-0.25, -0.2) is 0 Å². The van der Waals surface area contributed by atoms with Gasteiger partial charge in [-0.05, 0) is 12.1 Å². The van der Waals surface area contributed by atoms with Crippen LogP contribution in [0.1, 0.15) is 0 Å². The second-order valence-electron chi connectivity index (χ2n) is 4.94. The number of hydrogen-bond acceptors (Lipinski definition) is 7. The maximum Gasteiger partial charge on any atom is 0.184 e. The molecule has 0 aliphatic carbocycles. The zero-order chi connectivity index (χ0) is 16.3. The van der Waals surface area contributed by atoms with Gasteiger partial charge in [-0.1, -0.05) is 12.1 Å². The van der Waals surface area contributed by atoms with E-state index in [9.17, 15) is 5.11 Å². The smallest absolute Gasteiger partial charge is 0.184 e. The van der Waals surface area contributed by atoms with Crippen LogP contribution in [0.2, 0.25) is 0 Å². The highest BCUT2D eigenvalue weighted by Gasteiger charge is 2.42. The molecule has 1 aromatic heterocycles. The summed E-state index contributed by atoms with van der Waals surface area (Å²) in [5, 5.41) is 54.7. The normalized spacial score (nSPS) is 31.6. The Hall–Kier alpha value is -1.68. The van der Waals surface area contributed by atoms with Crippen molar-refractivity contribution in [3.63, 3.8) is 0 Å². The number of aromatic hydroxyl groups is 1. The van der Waals surface area contributed by atoms with E-state index in [-0.39, 0.29) is 0 Å². The molecule has 1 aromatic carbocycles. The molecule has 0 spiro atoms. The standard InChI is InChI=1S/C8H7NO.C6H12O6/c10-8-5-9-7-4-2-1-3-6(7)8;7-1-2-3(8)4(9)5(10)6(11)12-2/h1-5,9-10H;2-11H,1H2/t;2-,3-,4+,5-,6?/m.1/s1. The zero-order valence-corrected chi connectivity index (χ0v) is 11.6. The molecule has 3 rings (SSSR count). The summed E-state index contributed by atoms with van der Waals surface area (Å²) in [6, 6.07) is 7.63. The molecule has 1 saturated heterocycles. The van der Waals surface area contributed by atoms with E-state index in [1.54, 1.807) is 6.20 Å². The molecule has 2 heterocycles. The van der Waals surface area contributed by atoms with E-state index in [4.69, 9.17) is 25.5 Å². The van der Waals surface area contributed by atoms with E-state index < -0.39 is 37.3 Å². The summed E-state index contributed by atoms with van der Waals surface area (Å²) < 4.78 is 4.58. The van der Waals surface area contributed by atoms with Gasteiger partial charge in [0.2, 0.25) is 0 Å². The van der Waals surface area contributed by atoms with Crippen molar-refractivity contribution in [2.75, 3.05) is 6.61 Å². The first-order chi connectivity index (χ1) is 10.5. The SMILES string of the molecule is OC[C@H]1OC(O)[C@H](O)[C@@H](O)[C@@H]1O.Oc1c[nH]c2ccccc12. The molecule has 0 bridgehead atoms. The van der Waals surface area contributed by atoms with E-state index in [2.05, 4.69) is 9.72 Å². The summed E-state index contributed by atoms with van der Waals surface area (Å²) in [6.45, 7) is -0.526. The van der Waals surface area contributed by atoms with Gasteiger partial charge in [-0.2, -0.15) is 0 Å². The first kappa shape index (κ1) is 16.7. The van der Waals surface area contributed by atoms with Gasteiger partial charge in [-0.3, -0.25) is 0 Å². The van der Waals surface area contributed by atoms with Crippen LogP contribution in [0, 0.1) is 0 Å². The highest BCUT2D eigenvalue weighted by Crippen LogP contribution is 2.22. The first-order valence-electron chi connectivity index (χ1n) is 6.69. The number of aromatic amines is 1. The maximum absolute atomic E-state index is 9.18. The molecule has 0 saturated carbocycles. The lowest BCUT2D eigenvalue weighted by atomic mass is 10.00. The van der Waals surface area contributed by atoms with Crippen LogP contribution >= 0.6 is 0 Å². The molecule has 0 radical (unpaired) electrons. The Kier molecular flexibility index (Phi) is 5.35. The van der Waals surface area contributed by atoms with Gasteiger partial charge in [0.25, 0.3) is 0 Å². The molecule has 1 aliphatic rings. The van der Waals surface area contributed by atoms with Crippen LogP contribution in [0.4, 0.5) is 0 Å². The van der Waals surface area contributed by atoms with Crippen molar-refractivity contribution in [3.8, 4) is 5.75 Å². The first-order valence-corrected chi connectivity index (χ1v) is 6.69. The van der Waals surface area contributed by atoms with Crippen molar-refractivity contribution in [2.24, 2.45) is 0 Å². The lowest BCUT2D eigenvalue weighted by Gasteiger charge is -2.37. The summed E-state index contributed by atoms with van der Waals surface area (Å²) in [4.78, 5) is 2.94. The quantitative estimate of drug-likeness (QED) is 0.344. The minimum Gasteiger partial charge on any atom is -0.506 e. The Morgan fingerprint density at radius 3 is 2.32 bits per heavy atom. The van der Waals surface area contributed by atoms with E-state index in [0.717, 1.165) is 10.9 Å². The minimum absolute atomic E-state index is 0.315. The van der Waals surface area contributed by atoms with Crippen LogP contribution in [0.15, 0.2) is 30.5 Å². The second kappa shape index (κ2) is 7.05. The minimum atomic E-state index is -1.57. The number of aliphatic hydroxyl groups is 5. The predicted octanol–water partition coefficient (Wildman–Crippen LogP) is -1.35. The molecule has 5 atom stereocenters. The molecular formula is C14H19NO7. The zero-order valence-electron chi connectivity index (χ0n) is 11.6. The third kappa shape index (κ3) is 3.38. The molecule has 1 aliphatic heterocycles. The molecule has 8 heteroatoms. The van der Waals surface area contributed by atoms with Gasteiger partial charge in [0.15, 0.2) is 6.29 Å². The Morgan fingerprint density at radius 2 is 1.68 bits per heavy atom. The number of aliphatic hydroxyl groups excluding tert-OH is 5. The Bertz CT molecular complexity index is 597. The van der Waals surface area contributed by atoms with Gasteiger partial charge in [0.1, 0.15) is 30.2 Å². The number of para-hydroxylation sites is 1. The third-order valence-corrected chi connectivity index (χ3v) is 3.43. The number of ether oxygens (including phenoxy) is 1. The summed E-state index contributed by atoms with van der Waals surface area (Å²) >= 11 is 0. The van der Waals surface area contributed by atoms with Crippen LogP contribution in [-0.4, -0.2) is 72.9 Å². The maximum atomic E-state index is 9.18. The molecule has 122 valence electrons. The van der Waals surface area contributed by atoms with Crippen molar-refractivity contribution in [2.45, 2.75) is 30.7 Å². The molecule has 0 amide bonds. The number of aromatic nitrogens is 1. The van der Waals surface area contributed by atoms with Crippen LogP contribution in [-0.2, 0) is 4.74 Å². The fourth-order valence-electron chi connectivity index (χ4n) is 2.14. The number of hydrogen-bond donors (Lipinski definition) is 7. The molecule has 22 heavy (non-hydrogen) atoms. The number of rotatable bonds is 1. The Labute approximate surface area is 125 Å². The monoisotopic (exact) mass is 313 g/mol. The van der Waals surface area contributed by atoms with E-state index in [1.165, 1.54) is 0 Å². The van der Waals surface area contributed by atoms with E-state index >= 15 is 0 Å². The van der Waals surface area contributed by atoms with Crippen LogP contribution in [0.3, 0.4) is 0 Å². The molecule has 2 aromatic rings. The van der Waals surface area contributed by atoms with Crippen molar-refractivity contribution >= 4 is 10.9 Å². The summed E-state index contributed by atoms with van der Waals surface area (Å²) in [7, 11) is 0. The van der Waals surface area contributed by atoms with Gasteiger partial charge in [-0.15, -0.1) is 0 Å². The number of fused-ring (bicyclic) bond motifs is 1. The molecule has 1 unspecified atom stereocenters. The Balaban J connectivity index is 0.000000162. The molecule has 7 N–H and O–H groups in total. The molecule has 8 nitrogen and oxygen atoms in total. The van der Waals surface area contributed by atoms with E-state index in [1.807, 2.05) is 24.3 Å². The fraction of sp³-hybridized carbons (Fsp3) is 0.429. The lowest BCUT2D eigenvalue weighted by molar-refractivity contribution is -0.286. The summed E-state index contributed by atoms with van der Waals surface area (Å²) in [5.41, 5.74) is 0.972. The number of nitrogens with one attached hydrogen (secondary N) is 1. The van der Waals surface area contributed by atoms with E-state index in [0.29, 0.717) is 5.75 Å². The van der Waals surface area contributed by atoms with Crippen LogP contribution in [0.5, 0.6) is 5.75 Å². The lowest BCUT2D eigenvalue weighted by Crippen LogP contribution is -2.58. The molecule has 1 fully saturated rings. The van der Waals surface area contributed by atoms with Crippen molar-refractivity contribution < 1.29 is 35.4 Å². The highest BCUT2D eigenvalue weighted by molar-refractivity contribution is 5.85. The van der Waals surface area contributed by atoms with Gasteiger partial charge < -0.3 is 40.4 Å². The molecular weight excluding hydrogens is 294 g/mol. The number of benzene rings is 1. The topological polar surface area (TPSA) is 146 Å². The van der Waals surface area contributed by atoms with Crippen molar-refractivity contribution in [1.29, 1.82) is 0 Å². The van der Waals surface area contributed by atoms with Gasteiger partial charge in [0, 0.05) is 17.1 Å².